The first-order chi connectivity index (χ1) is 17.9. The van der Waals surface area contributed by atoms with Crippen LogP contribution in [0.25, 0.3) is 0 Å². The number of alkyl halides is 1. The molecule has 0 heterocycles. The Morgan fingerprint density at radius 3 is 0.811 bits per heavy atom. The van der Waals surface area contributed by atoms with Crippen LogP contribution in [0.15, 0.2) is 0 Å². The van der Waals surface area contributed by atoms with Crippen molar-refractivity contribution in [2.75, 3.05) is 0 Å². The molecule has 1 unspecified atom stereocenters. The predicted octanol–water partition coefficient (Wildman–Crippen LogP) is 11.9. The largest absolute Gasteiger partial charge is 0.300 e. The van der Waals surface area contributed by atoms with Gasteiger partial charge in [-0.15, -0.1) is 0 Å². The number of hydrogen-bond donors (Lipinski definition) is 1. The van der Waals surface area contributed by atoms with Crippen molar-refractivity contribution in [1.82, 2.24) is 0 Å². The zero-order valence-corrected chi connectivity index (χ0v) is 25.9. The molecule has 0 rings (SSSR count). The molecule has 0 aromatic carbocycles. The molecule has 0 aliphatic rings. The molecule has 0 spiro atoms. The number of hydrogen-bond acceptors (Lipinski definition) is 2. The van der Waals surface area contributed by atoms with E-state index < -0.39 is 15.1 Å². The lowest BCUT2D eigenvalue weighted by Gasteiger charge is -2.22. The first-order valence-electron chi connectivity index (χ1n) is 16.5. The highest BCUT2D eigenvalue weighted by Gasteiger charge is 2.42. The van der Waals surface area contributed by atoms with Gasteiger partial charge in [0.1, 0.15) is 0 Å². The molecule has 0 aliphatic carbocycles. The first kappa shape index (κ1) is 36.8. The van der Waals surface area contributed by atoms with Gasteiger partial charge in [-0.25, -0.2) is 4.39 Å². The van der Waals surface area contributed by atoms with Crippen LogP contribution >= 0.6 is 0 Å². The Balaban J connectivity index is 3.63. The molecule has 1 atom stereocenters. The average Bonchev–Trinajstić information content (AvgIpc) is 2.86. The van der Waals surface area contributed by atoms with Crippen LogP contribution in [-0.4, -0.2) is 18.0 Å². The minimum atomic E-state index is -4.66. The molecule has 224 valence electrons. The summed E-state index contributed by atoms with van der Waals surface area (Å²) in [5.41, 5.74) is 0. The van der Waals surface area contributed by atoms with Gasteiger partial charge >= 0.3 is 0 Å². The fraction of sp³-hybridized carbons (Fsp3) is 1.00. The van der Waals surface area contributed by atoms with Crippen LogP contribution in [-0.2, 0) is 10.1 Å². The van der Waals surface area contributed by atoms with Gasteiger partial charge < -0.3 is 0 Å². The molecule has 0 bridgehead atoms. The molecule has 5 heteroatoms. The van der Waals surface area contributed by atoms with Gasteiger partial charge in [0.05, 0.1) is 0 Å². The summed E-state index contributed by atoms with van der Waals surface area (Å²) in [6.45, 7) is 4.48. The number of unbranched alkanes of at least 4 members (excludes halogenated alkanes) is 25. The topological polar surface area (TPSA) is 54.4 Å². The van der Waals surface area contributed by atoms with E-state index in [0.29, 0.717) is 12.8 Å². The molecule has 0 aliphatic heterocycles. The molecule has 0 aromatic rings. The summed E-state index contributed by atoms with van der Waals surface area (Å²) in [6, 6.07) is 0. The van der Waals surface area contributed by atoms with Gasteiger partial charge in [-0.2, -0.15) is 8.42 Å². The quantitative estimate of drug-likeness (QED) is 0.0717. The molecule has 0 saturated carbocycles. The lowest BCUT2D eigenvalue weighted by Crippen LogP contribution is -2.33. The lowest BCUT2D eigenvalue weighted by molar-refractivity contribution is 0.203. The molecule has 1 N–H and O–H groups in total. The van der Waals surface area contributed by atoms with Gasteiger partial charge in [0.2, 0.25) is 5.00 Å². The van der Waals surface area contributed by atoms with Crippen LogP contribution in [0.1, 0.15) is 200 Å². The summed E-state index contributed by atoms with van der Waals surface area (Å²) >= 11 is 0. The highest BCUT2D eigenvalue weighted by molar-refractivity contribution is 7.87. The Morgan fingerprint density at radius 2 is 0.622 bits per heavy atom. The second kappa shape index (κ2) is 26.1. The van der Waals surface area contributed by atoms with Gasteiger partial charge in [-0.3, -0.25) is 4.55 Å². The van der Waals surface area contributed by atoms with E-state index in [1.54, 1.807) is 0 Å². The molecule has 37 heavy (non-hydrogen) atoms. The normalized spacial score (nSPS) is 13.7. The van der Waals surface area contributed by atoms with E-state index in [9.17, 15) is 13.0 Å². The SMILES string of the molecule is CCCCCCCCCCCCCCCCCCCCC(F)(CCCCCCCCCCC)S(=O)(=O)O. The summed E-state index contributed by atoms with van der Waals surface area (Å²) < 4.78 is 48.0. The summed E-state index contributed by atoms with van der Waals surface area (Å²) in [4.78, 5) is 0. The van der Waals surface area contributed by atoms with E-state index >= 15 is 4.39 Å². The zero-order valence-electron chi connectivity index (χ0n) is 25.1. The maximum Gasteiger partial charge on any atom is 0.300 e. The summed E-state index contributed by atoms with van der Waals surface area (Å²) in [7, 11) is -4.66. The lowest BCUT2D eigenvalue weighted by atomic mass is 10.0. The van der Waals surface area contributed by atoms with Crippen LogP contribution < -0.4 is 0 Å². The van der Waals surface area contributed by atoms with E-state index in [1.807, 2.05) is 0 Å². The maximum atomic E-state index is 15.1. The van der Waals surface area contributed by atoms with E-state index in [2.05, 4.69) is 13.8 Å². The Labute approximate surface area is 232 Å². The Kier molecular flexibility index (Phi) is 26.0. The van der Waals surface area contributed by atoms with E-state index in [-0.39, 0.29) is 12.8 Å². The van der Waals surface area contributed by atoms with Crippen molar-refractivity contribution in [3.63, 3.8) is 0 Å². The number of rotatable bonds is 30. The summed E-state index contributed by atoms with van der Waals surface area (Å²) in [5, 5.41) is -2.46. The zero-order chi connectivity index (χ0) is 27.5. The standard InChI is InChI=1S/C32H65FO3S/c1-3-5-7-9-11-13-14-15-16-17-18-19-20-21-23-25-27-29-31-32(33,37(34,35)36)30-28-26-24-22-12-10-8-6-4-2/h3-31H2,1-2H3,(H,34,35,36). The summed E-state index contributed by atoms with van der Waals surface area (Å²) in [5.74, 6) is 0. The molecule has 0 radical (unpaired) electrons. The molecular formula is C32H65FO3S. The van der Waals surface area contributed by atoms with Crippen LogP contribution in [0.2, 0.25) is 0 Å². The fourth-order valence-corrected chi connectivity index (χ4v) is 6.18. The monoisotopic (exact) mass is 548 g/mol. The predicted molar refractivity (Wildman–Crippen MR) is 161 cm³/mol. The van der Waals surface area contributed by atoms with E-state index in [1.165, 1.54) is 122 Å². The number of halogens is 1. The van der Waals surface area contributed by atoms with Gasteiger partial charge in [0.15, 0.2) is 0 Å². The smallest absolute Gasteiger partial charge is 0.283 e. The van der Waals surface area contributed by atoms with Gasteiger partial charge in [0, 0.05) is 0 Å². The molecule has 0 saturated heterocycles. The molecule has 0 fully saturated rings. The van der Waals surface area contributed by atoms with Crippen LogP contribution in [0.3, 0.4) is 0 Å². The second-order valence-corrected chi connectivity index (χ2v) is 13.4. The Morgan fingerprint density at radius 1 is 0.432 bits per heavy atom. The van der Waals surface area contributed by atoms with E-state index in [0.717, 1.165) is 38.5 Å². The van der Waals surface area contributed by atoms with Crippen molar-refractivity contribution in [3.05, 3.63) is 0 Å². The van der Waals surface area contributed by atoms with E-state index in [4.69, 9.17) is 0 Å². The van der Waals surface area contributed by atoms with Gasteiger partial charge in [-0.1, -0.05) is 174 Å². The average molecular weight is 549 g/mol. The third-order valence-electron chi connectivity index (χ3n) is 8.02. The third kappa shape index (κ3) is 23.4. The van der Waals surface area contributed by atoms with Crippen LogP contribution in [0.4, 0.5) is 4.39 Å². The first-order valence-corrected chi connectivity index (χ1v) is 18.0. The van der Waals surface area contributed by atoms with Gasteiger partial charge in [0.25, 0.3) is 10.1 Å². The summed E-state index contributed by atoms with van der Waals surface area (Å²) in [6.07, 6.45) is 32.3. The molecule has 0 amide bonds. The fourth-order valence-electron chi connectivity index (χ4n) is 5.37. The highest BCUT2D eigenvalue weighted by atomic mass is 32.2. The van der Waals surface area contributed by atoms with Crippen LogP contribution in [0.5, 0.6) is 0 Å². The highest BCUT2D eigenvalue weighted by Crippen LogP contribution is 2.32. The van der Waals surface area contributed by atoms with Crippen molar-refractivity contribution < 1.29 is 17.4 Å². The van der Waals surface area contributed by atoms with Crippen molar-refractivity contribution in [2.24, 2.45) is 0 Å². The minimum absolute atomic E-state index is 0.0679. The molecular weight excluding hydrogens is 483 g/mol. The molecule has 3 nitrogen and oxygen atoms in total. The van der Waals surface area contributed by atoms with Crippen molar-refractivity contribution >= 4 is 10.1 Å². The van der Waals surface area contributed by atoms with Crippen molar-refractivity contribution in [1.29, 1.82) is 0 Å². The maximum absolute atomic E-state index is 15.1. The van der Waals surface area contributed by atoms with Crippen LogP contribution in [0, 0.1) is 0 Å². The van der Waals surface area contributed by atoms with Crippen molar-refractivity contribution in [3.8, 4) is 0 Å². The second-order valence-electron chi connectivity index (χ2n) is 11.7. The Hall–Kier alpha value is -0.160. The van der Waals surface area contributed by atoms with Gasteiger partial charge in [-0.05, 0) is 25.7 Å². The van der Waals surface area contributed by atoms with Crippen molar-refractivity contribution in [2.45, 2.75) is 205 Å². The Bertz CT molecular complexity index is 566. The minimum Gasteiger partial charge on any atom is -0.283 e. The third-order valence-corrected chi connectivity index (χ3v) is 9.35. The molecule has 0 aromatic heterocycles.